The van der Waals surface area contributed by atoms with E-state index in [2.05, 4.69) is 56.3 Å². The Bertz CT molecular complexity index is 359. The molecule has 0 aromatic carbocycles. The number of hydrogen-bond donors (Lipinski definition) is 1. The SMILES string of the molecule is Cc1ccsc1CNCCN(CCC(C)C)CCC(C)C. The lowest BCUT2D eigenvalue weighted by Gasteiger charge is -2.24. The minimum absolute atomic E-state index is 0.799. The second-order valence-electron chi connectivity index (χ2n) is 6.91. The standard InChI is InChI=1S/C18H34N2S/c1-15(2)6-10-20(11-7-16(3)4)12-9-19-14-18-17(5)8-13-21-18/h8,13,15-16,19H,6-7,9-12,14H2,1-5H3. The molecule has 0 radical (unpaired) electrons. The molecule has 0 unspecified atom stereocenters. The molecule has 3 heteroatoms. The summed E-state index contributed by atoms with van der Waals surface area (Å²) < 4.78 is 0. The fourth-order valence-corrected chi connectivity index (χ4v) is 3.12. The topological polar surface area (TPSA) is 15.3 Å². The summed E-state index contributed by atoms with van der Waals surface area (Å²) in [6.07, 6.45) is 2.62. The molecule has 1 heterocycles. The Kier molecular flexibility index (Phi) is 9.21. The van der Waals surface area contributed by atoms with Gasteiger partial charge in [-0.05, 0) is 61.7 Å². The van der Waals surface area contributed by atoms with Crippen LogP contribution in [0.25, 0.3) is 0 Å². The number of rotatable bonds is 11. The molecule has 0 bridgehead atoms. The first kappa shape index (κ1) is 18.7. The highest BCUT2D eigenvalue weighted by Crippen LogP contribution is 2.14. The van der Waals surface area contributed by atoms with Crippen LogP contribution in [0.15, 0.2) is 11.4 Å². The summed E-state index contributed by atoms with van der Waals surface area (Å²) in [7, 11) is 0. The lowest BCUT2D eigenvalue weighted by atomic mass is 10.1. The van der Waals surface area contributed by atoms with Gasteiger partial charge in [0, 0.05) is 24.5 Å². The van der Waals surface area contributed by atoms with Gasteiger partial charge in [0.05, 0.1) is 0 Å². The van der Waals surface area contributed by atoms with E-state index >= 15 is 0 Å². The molecule has 21 heavy (non-hydrogen) atoms. The number of aryl methyl sites for hydroxylation is 1. The highest BCUT2D eigenvalue weighted by atomic mass is 32.1. The largest absolute Gasteiger partial charge is 0.311 e. The van der Waals surface area contributed by atoms with Gasteiger partial charge in [0.1, 0.15) is 0 Å². The van der Waals surface area contributed by atoms with Crippen molar-refractivity contribution in [2.45, 2.75) is 54.0 Å². The first-order valence-corrected chi connectivity index (χ1v) is 9.33. The number of nitrogens with one attached hydrogen (secondary N) is 1. The quantitative estimate of drug-likeness (QED) is 0.604. The van der Waals surface area contributed by atoms with Crippen LogP contribution in [0.1, 0.15) is 51.0 Å². The molecular weight excluding hydrogens is 276 g/mol. The van der Waals surface area contributed by atoms with Gasteiger partial charge in [0.2, 0.25) is 0 Å². The van der Waals surface area contributed by atoms with Crippen molar-refractivity contribution in [3.05, 3.63) is 21.9 Å². The van der Waals surface area contributed by atoms with Gasteiger partial charge in [-0.1, -0.05) is 27.7 Å². The Labute approximate surface area is 135 Å². The van der Waals surface area contributed by atoms with Crippen molar-refractivity contribution in [3.8, 4) is 0 Å². The van der Waals surface area contributed by atoms with Gasteiger partial charge in [0.15, 0.2) is 0 Å². The fraction of sp³-hybridized carbons (Fsp3) is 0.778. The van der Waals surface area contributed by atoms with E-state index in [9.17, 15) is 0 Å². The minimum atomic E-state index is 0.799. The van der Waals surface area contributed by atoms with Crippen LogP contribution in [0.5, 0.6) is 0 Å². The van der Waals surface area contributed by atoms with E-state index in [0.29, 0.717) is 0 Å². The van der Waals surface area contributed by atoms with E-state index in [1.165, 1.54) is 42.9 Å². The molecule has 0 fully saturated rings. The highest BCUT2D eigenvalue weighted by molar-refractivity contribution is 7.10. The van der Waals surface area contributed by atoms with E-state index in [1.807, 2.05) is 11.3 Å². The number of nitrogens with zero attached hydrogens (tertiary/aromatic N) is 1. The Morgan fingerprint density at radius 2 is 1.67 bits per heavy atom. The van der Waals surface area contributed by atoms with Gasteiger partial charge in [-0.2, -0.15) is 0 Å². The maximum absolute atomic E-state index is 3.60. The van der Waals surface area contributed by atoms with Crippen LogP contribution >= 0.6 is 11.3 Å². The molecular formula is C18H34N2S. The van der Waals surface area contributed by atoms with Crippen LogP contribution in [-0.4, -0.2) is 31.1 Å². The Hall–Kier alpha value is -0.380. The van der Waals surface area contributed by atoms with Crippen LogP contribution in [-0.2, 0) is 6.54 Å². The maximum atomic E-state index is 3.60. The molecule has 0 saturated heterocycles. The van der Waals surface area contributed by atoms with Crippen molar-refractivity contribution in [1.82, 2.24) is 10.2 Å². The molecule has 1 aromatic heterocycles. The third kappa shape index (κ3) is 8.60. The van der Waals surface area contributed by atoms with E-state index in [1.54, 1.807) is 0 Å². The number of hydrogen-bond acceptors (Lipinski definition) is 3. The van der Waals surface area contributed by atoms with Crippen LogP contribution < -0.4 is 5.32 Å². The van der Waals surface area contributed by atoms with Crippen molar-refractivity contribution >= 4 is 11.3 Å². The summed E-state index contributed by atoms with van der Waals surface area (Å²) >= 11 is 1.86. The molecule has 0 aliphatic rings. The van der Waals surface area contributed by atoms with Crippen molar-refractivity contribution in [1.29, 1.82) is 0 Å². The lowest BCUT2D eigenvalue weighted by molar-refractivity contribution is 0.243. The average molecular weight is 311 g/mol. The summed E-state index contributed by atoms with van der Waals surface area (Å²) in [5.41, 5.74) is 1.42. The summed E-state index contributed by atoms with van der Waals surface area (Å²) in [6, 6.07) is 2.21. The van der Waals surface area contributed by atoms with Gasteiger partial charge in [-0.25, -0.2) is 0 Å². The monoisotopic (exact) mass is 310 g/mol. The normalized spacial score (nSPS) is 12.0. The molecule has 0 saturated carbocycles. The van der Waals surface area contributed by atoms with Crippen LogP contribution in [0.4, 0.5) is 0 Å². The van der Waals surface area contributed by atoms with Crippen molar-refractivity contribution in [3.63, 3.8) is 0 Å². The molecule has 2 nitrogen and oxygen atoms in total. The van der Waals surface area contributed by atoms with E-state index in [-0.39, 0.29) is 0 Å². The predicted molar refractivity (Wildman–Crippen MR) is 96.1 cm³/mol. The van der Waals surface area contributed by atoms with Crippen LogP contribution in [0.2, 0.25) is 0 Å². The second kappa shape index (κ2) is 10.4. The van der Waals surface area contributed by atoms with Gasteiger partial charge in [0.25, 0.3) is 0 Å². The third-order valence-electron chi connectivity index (χ3n) is 3.90. The highest BCUT2D eigenvalue weighted by Gasteiger charge is 2.07. The lowest BCUT2D eigenvalue weighted by Crippen LogP contribution is -2.34. The Balaban J connectivity index is 2.25. The summed E-state index contributed by atoms with van der Waals surface area (Å²) in [5.74, 6) is 1.60. The van der Waals surface area contributed by atoms with E-state index < -0.39 is 0 Å². The molecule has 1 rings (SSSR count). The zero-order valence-corrected chi connectivity index (χ0v) is 15.4. The molecule has 0 amide bonds. The molecule has 1 aromatic rings. The first-order chi connectivity index (χ1) is 9.99. The van der Waals surface area contributed by atoms with Crippen LogP contribution in [0.3, 0.4) is 0 Å². The van der Waals surface area contributed by atoms with Gasteiger partial charge < -0.3 is 10.2 Å². The fourth-order valence-electron chi connectivity index (χ4n) is 2.24. The predicted octanol–water partition coefficient (Wildman–Crippen LogP) is 4.54. The third-order valence-corrected chi connectivity index (χ3v) is 4.93. The molecule has 0 aliphatic carbocycles. The van der Waals surface area contributed by atoms with Gasteiger partial charge in [-0.15, -0.1) is 11.3 Å². The second-order valence-corrected chi connectivity index (χ2v) is 7.91. The van der Waals surface area contributed by atoms with Gasteiger partial charge in [-0.3, -0.25) is 0 Å². The first-order valence-electron chi connectivity index (χ1n) is 8.45. The maximum Gasteiger partial charge on any atom is 0.0302 e. The molecule has 1 N–H and O–H groups in total. The van der Waals surface area contributed by atoms with E-state index in [4.69, 9.17) is 0 Å². The number of thiophene rings is 1. The van der Waals surface area contributed by atoms with Crippen molar-refractivity contribution in [2.24, 2.45) is 11.8 Å². The van der Waals surface area contributed by atoms with Crippen molar-refractivity contribution < 1.29 is 0 Å². The van der Waals surface area contributed by atoms with Crippen molar-refractivity contribution in [2.75, 3.05) is 26.2 Å². The average Bonchev–Trinajstić information content (AvgIpc) is 2.82. The summed E-state index contributed by atoms with van der Waals surface area (Å²) in [6.45, 7) is 17.2. The smallest absolute Gasteiger partial charge is 0.0302 e. The zero-order chi connectivity index (χ0) is 15.7. The Morgan fingerprint density at radius 1 is 1.05 bits per heavy atom. The zero-order valence-electron chi connectivity index (χ0n) is 14.6. The van der Waals surface area contributed by atoms with Crippen LogP contribution in [0, 0.1) is 18.8 Å². The molecule has 0 aliphatic heterocycles. The Morgan fingerprint density at radius 3 is 2.14 bits per heavy atom. The molecule has 0 spiro atoms. The molecule has 0 atom stereocenters. The minimum Gasteiger partial charge on any atom is -0.311 e. The summed E-state index contributed by atoms with van der Waals surface area (Å²) in [4.78, 5) is 4.11. The van der Waals surface area contributed by atoms with Gasteiger partial charge >= 0.3 is 0 Å². The molecule has 122 valence electrons. The summed E-state index contributed by atoms with van der Waals surface area (Å²) in [5, 5.41) is 5.79. The van der Waals surface area contributed by atoms with E-state index in [0.717, 1.165) is 24.9 Å².